The second-order valence-corrected chi connectivity index (χ2v) is 6.41. The van der Waals surface area contributed by atoms with Gasteiger partial charge in [0.15, 0.2) is 0 Å². The number of halogens is 1. The fraction of sp³-hybridized carbons (Fsp3) is 0.350. The number of nitrogens with zero attached hydrogens (tertiary/aromatic N) is 1. The Morgan fingerprint density at radius 1 is 1.15 bits per heavy atom. The molecular weight excluding hydrogens is 349 g/mol. The van der Waals surface area contributed by atoms with Crippen LogP contribution in [0.2, 0.25) is 0 Å². The predicted octanol–water partition coefficient (Wildman–Crippen LogP) is 2.10. The SMILES string of the molecule is O=C(NCCc1ccc(F)cc1)c1ccnc(C(=O)NCC2CCCO2)c1. The summed E-state index contributed by atoms with van der Waals surface area (Å²) in [6.45, 7) is 1.58. The normalized spacial score (nSPS) is 16.1. The Kier molecular flexibility index (Phi) is 6.49. The molecule has 1 aliphatic rings. The third-order valence-electron chi connectivity index (χ3n) is 4.38. The molecule has 142 valence electrons. The zero-order valence-corrected chi connectivity index (χ0v) is 14.9. The van der Waals surface area contributed by atoms with E-state index in [4.69, 9.17) is 4.74 Å². The molecule has 6 nitrogen and oxygen atoms in total. The third kappa shape index (κ3) is 5.59. The molecule has 7 heteroatoms. The fourth-order valence-electron chi connectivity index (χ4n) is 2.87. The van der Waals surface area contributed by atoms with Crippen molar-refractivity contribution in [2.45, 2.75) is 25.4 Å². The van der Waals surface area contributed by atoms with Crippen molar-refractivity contribution in [3.8, 4) is 0 Å². The number of hydrogen-bond donors (Lipinski definition) is 2. The van der Waals surface area contributed by atoms with E-state index in [1.165, 1.54) is 24.4 Å². The fourth-order valence-corrected chi connectivity index (χ4v) is 2.87. The minimum absolute atomic E-state index is 0.0480. The van der Waals surface area contributed by atoms with Gasteiger partial charge in [0, 0.05) is 31.5 Å². The third-order valence-corrected chi connectivity index (χ3v) is 4.38. The highest BCUT2D eigenvalue weighted by molar-refractivity contribution is 5.98. The summed E-state index contributed by atoms with van der Waals surface area (Å²) in [4.78, 5) is 28.5. The van der Waals surface area contributed by atoms with Crippen LogP contribution in [0.3, 0.4) is 0 Å². The number of pyridine rings is 1. The van der Waals surface area contributed by atoms with Crippen LogP contribution < -0.4 is 10.6 Å². The van der Waals surface area contributed by atoms with Crippen molar-refractivity contribution in [1.82, 2.24) is 15.6 Å². The van der Waals surface area contributed by atoms with Crippen LogP contribution in [0.5, 0.6) is 0 Å². The van der Waals surface area contributed by atoms with E-state index in [9.17, 15) is 14.0 Å². The summed E-state index contributed by atoms with van der Waals surface area (Å²) < 4.78 is 18.4. The standard InChI is InChI=1S/C20H22FN3O3/c21-16-5-3-14(4-6-16)7-9-23-19(25)15-8-10-22-18(12-15)20(26)24-13-17-2-1-11-27-17/h3-6,8,10,12,17H,1-2,7,9,11,13H2,(H,23,25)(H,24,26). The summed E-state index contributed by atoms with van der Waals surface area (Å²) in [6.07, 6.45) is 4.02. The Balaban J connectivity index is 1.50. The molecule has 2 amide bonds. The van der Waals surface area contributed by atoms with E-state index in [0.717, 1.165) is 25.0 Å². The Morgan fingerprint density at radius 3 is 2.70 bits per heavy atom. The highest BCUT2D eigenvalue weighted by atomic mass is 19.1. The number of aromatic nitrogens is 1. The maximum atomic E-state index is 12.9. The van der Waals surface area contributed by atoms with Crippen molar-refractivity contribution < 1.29 is 18.7 Å². The molecule has 1 unspecified atom stereocenters. The number of nitrogens with one attached hydrogen (secondary N) is 2. The summed E-state index contributed by atoms with van der Waals surface area (Å²) in [7, 11) is 0. The van der Waals surface area contributed by atoms with Crippen molar-refractivity contribution in [3.63, 3.8) is 0 Å². The number of hydrogen-bond acceptors (Lipinski definition) is 4. The molecule has 1 fully saturated rings. The van der Waals surface area contributed by atoms with Crippen LogP contribution >= 0.6 is 0 Å². The average molecular weight is 371 g/mol. The Labute approximate surface area is 157 Å². The van der Waals surface area contributed by atoms with Gasteiger partial charge in [0.25, 0.3) is 11.8 Å². The van der Waals surface area contributed by atoms with E-state index >= 15 is 0 Å². The number of rotatable bonds is 7. The Bertz CT molecular complexity index is 789. The van der Waals surface area contributed by atoms with Gasteiger partial charge in [0.1, 0.15) is 11.5 Å². The van der Waals surface area contributed by atoms with Crippen molar-refractivity contribution in [1.29, 1.82) is 0 Å². The molecule has 2 N–H and O–H groups in total. The molecule has 2 aromatic rings. The van der Waals surface area contributed by atoms with Crippen LogP contribution in [0.1, 0.15) is 39.3 Å². The first-order chi connectivity index (χ1) is 13.1. The zero-order valence-electron chi connectivity index (χ0n) is 14.9. The van der Waals surface area contributed by atoms with Gasteiger partial charge in [-0.15, -0.1) is 0 Å². The Hall–Kier alpha value is -2.80. The van der Waals surface area contributed by atoms with Gasteiger partial charge in [-0.1, -0.05) is 12.1 Å². The summed E-state index contributed by atoms with van der Waals surface area (Å²) in [5.41, 5.74) is 1.49. The van der Waals surface area contributed by atoms with Gasteiger partial charge in [-0.05, 0) is 49.1 Å². The lowest BCUT2D eigenvalue weighted by molar-refractivity contribution is 0.0853. The minimum atomic E-state index is -0.327. The summed E-state index contributed by atoms with van der Waals surface area (Å²) in [5, 5.41) is 5.58. The monoisotopic (exact) mass is 371 g/mol. The van der Waals surface area contributed by atoms with Crippen LogP contribution in [0.4, 0.5) is 4.39 Å². The van der Waals surface area contributed by atoms with Gasteiger partial charge < -0.3 is 15.4 Å². The zero-order chi connectivity index (χ0) is 19.1. The minimum Gasteiger partial charge on any atom is -0.376 e. The van der Waals surface area contributed by atoms with E-state index in [-0.39, 0.29) is 29.4 Å². The predicted molar refractivity (Wildman–Crippen MR) is 98.0 cm³/mol. The molecule has 1 aromatic heterocycles. The van der Waals surface area contributed by atoms with Gasteiger partial charge >= 0.3 is 0 Å². The maximum absolute atomic E-state index is 12.9. The van der Waals surface area contributed by atoms with Crippen LogP contribution in [-0.2, 0) is 11.2 Å². The van der Waals surface area contributed by atoms with E-state index in [1.54, 1.807) is 18.2 Å². The number of carbonyl (C=O) groups is 2. The first-order valence-corrected chi connectivity index (χ1v) is 9.00. The molecule has 1 aliphatic heterocycles. The summed E-state index contributed by atoms with van der Waals surface area (Å²) in [5.74, 6) is -0.899. The number of ether oxygens (including phenoxy) is 1. The highest BCUT2D eigenvalue weighted by Gasteiger charge is 2.17. The quantitative estimate of drug-likeness (QED) is 0.781. The van der Waals surface area contributed by atoms with Crippen LogP contribution in [0.25, 0.3) is 0 Å². The highest BCUT2D eigenvalue weighted by Crippen LogP contribution is 2.11. The number of amides is 2. The second kappa shape index (κ2) is 9.23. The van der Waals surface area contributed by atoms with Crippen molar-refractivity contribution in [2.24, 2.45) is 0 Å². The van der Waals surface area contributed by atoms with Gasteiger partial charge in [-0.2, -0.15) is 0 Å². The van der Waals surface area contributed by atoms with Crippen LogP contribution in [0.15, 0.2) is 42.6 Å². The molecule has 27 heavy (non-hydrogen) atoms. The molecule has 3 rings (SSSR count). The van der Waals surface area contributed by atoms with Crippen LogP contribution in [0, 0.1) is 5.82 Å². The van der Waals surface area contributed by atoms with Gasteiger partial charge in [0.05, 0.1) is 6.10 Å². The number of carbonyl (C=O) groups excluding carboxylic acids is 2. The van der Waals surface area contributed by atoms with Gasteiger partial charge in [-0.25, -0.2) is 4.39 Å². The van der Waals surface area contributed by atoms with E-state index in [2.05, 4.69) is 15.6 Å². The molecule has 0 aliphatic carbocycles. The van der Waals surface area contributed by atoms with Gasteiger partial charge in [-0.3, -0.25) is 14.6 Å². The Morgan fingerprint density at radius 2 is 1.96 bits per heavy atom. The molecule has 1 aromatic carbocycles. The van der Waals surface area contributed by atoms with Crippen molar-refractivity contribution in [3.05, 3.63) is 65.2 Å². The molecule has 0 saturated carbocycles. The lowest BCUT2D eigenvalue weighted by Gasteiger charge is -2.11. The first-order valence-electron chi connectivity index (χ1n) is 9.00. The lowest BCUT2D eigenvalue weighted by atomic mass is 10.1. The van der Waals surface area contributed by atoms with E-state index < -0.39 is 0 Å². The van der Waals surface area contributed by atoms with Crippen LogP contribution in [-0.4, -0.2) is 42.6 Å². The van der Waals surface area contributed by atoms with Gasteiger partial charge in [0.2, 0.25) is 0 Å². The van der Waals surface area contributed by atoms with Crippen molar-refractivity contribution in [2.75, 3.05) is 19.7 Å². The maximum Gasteiger partial charge on any atom is 0.269 e. The lowest BCUT2D eigenvalue weighted by Crippen LogP contribution is -2.32. The molecule has 1 atom stereocenters. The summed E-state index contributed by atoms with van der Waals surface area (Å²) >= 11 is 0. The molecule has 2 heterocycles. The average Bonchev–Trinajstić information content (AvgIpc) is 3.21. The van der Waals surface area contributed by atoms with E-state index in [0.29, 0.717) is 25.1 Å². The smallest absolute Gasteiger partial charge is 0.269 e. The second-order valence-electron chi connectivity index (χ2n) is 6.41. The topological polar surface area (TPSA) is 80.3 Å². The molecule has 0 spiro atoms. The molecule has 1 saturated heterocycles. The summed E-state index contributed by atoms with van der Waals surface area (Å²) in [6, 6.07) is 9.18. The molecular formula is C20H22FN3O3. The number of benzene rings is 1. The largest absolute Gasteiger partial charge is 0.376 e. The first kappa shape index (κ1) is 19.0. The van der Waals surface area contributed by atoms with Crippen molar-refractivity contribution >= 4 is 11.8 Å². The molecule has 0 radical (unpaired) electrons. The molecule has 0 bridgehead atoms. The van der Waals surface area contributed by atoms with E-state index in [1.807, 2.05) is 0 Å².